The number of nitrogens with one attached hydrogen (secondary N) is 1. The van der Waals surface area contributed by atoms with Gasteiger partial charge in [0.2, 0.25) is 0 Å². The molecule has 1 fully saturated rings. The van der Waals surface area contributed by atoms with Crippen LogP contribution >= 0.6 is 11.6 Å². The van der Waals surface area contributed by atoms with Gasteiger partial charge in [0.1, 0.15) is 0 Å². The molecule has 0 unspecified atom stereocenters. The van der Waals surface area contributed by atoms with Crippen LogP contribution in [0.1, 0.15) is 24.8 Å². The standard InChI is InChI=1S/C16H22ClF3N2/c17-15-3-1-14(2-4-15)11-22-9-6-13(7-10-22)5-8-21-12-16(18,19)20/h1-4,13,21H,5-12H2. The number of likely N-dealkylation sites (tertiary alicyclic amines) is 1. The molecule has 0 spiro atoms. The zero-order valence-corrected chi connectivity index (χ0v) is 13.3. The summed E-state index contributed by atoms with van der Waals surface area (Å²) in [5.41, 5.74) is 1.25. The van der Waals surface area contributed by atoms with E-state index >= 15 is 0 Å². The Morgan fingerprint density at radius 2 is 1.77 bits per heavy atom. The number of halogens is 4. The van der Waals surface area contributed by atoms with E-state index in [2.05, 4.69) is 10.2 Å². The average Bonchev–Trinajstić information content (AvgIpc) is 2.47. The van der Waals surface area contributed by atoms with E-state index < -0.39 is 12.7 Å². The topological polar surface area (TPSA) is 15.3 Å². The lowest BCUT2D eigenvalue weighted by Gasteiger charge is -2.32. The lowest BCUT2D eigenvalue weighted by atomic mass is 9.93. The van der Waals surface area contributed by atoms with Crippen LogP contribution in [-0.4, -0.2) is 37.3 Å². The fourth-order valence-corrected chi connectivity index (χ4v) is 2.94. The van der Waals surface area contributed by atoms with E-state index in [1.54, 1.807) is 0 Å². The highest BCUT2D eigenvalue weighted by Crippen LogP contribution is 2.22. The van der Waals surface area contributed by atoms with Crippen molar-refractivity contribution in [1.29, 1.82) is 0 Å². The predicted molar refractivity (Wildman–Crippen MR) is 83.0 cm³/mol. The summed E-state index contributed by atoms with van der Waals surface area (Å²) in [6, 6.07) is 7.87. The van der Waals surface area contributed by atoms with E-state index in [0.29, 0.717) is 12.5 Å². The van der Waals surface area contributed by atoms with Crippen LogP contribution in [-0.2, 0) is 6.54 Å². The first-order valence-corrected chi connectivity index (χ1v) is 8.04. The molecule has 2 nitrogen and oxygen atoms in total. The summed E-state index contributed by atoms with van der Waals surface area (Å²) < 4.78 is 36.1. The van der Waals surface area contributed by atoms with Crippen LogP contribution in [0.2, 0.25) is 5.02 Å². The molecule has 0 bridgehead atoms. The van der Waals surface area contributed by atoms with Crippen LogP contribution in [0.4, 0.5) is 13.2 Å². The van der Waals surface area contributed by atoms with Crippen molar-refractivity contribution in [3.05, 3.63) is 34.9 Å². The molecule has 6 heteroatoms. The summed E-state index contributed by atoms with van der Waals surface area (Å²) >= 11 is 5.87. The van der Waals surface area contributed by atoms with Crippen LogP contribution < -0.4 is 5.32 Å². The number of nitrogens with zero attached hydrogens (tertiary/aromatic N) is 1. The molecule has 1 N–H and O–H groups in total. The maximum absolute atomic E-state index is 12.0. The Kier molecular flexibility index (Phi) is 6.53. The van der Waals surface area contributed by atoms with E-state index in [9.17, 15) is 13.2 Å². The summed E-state index contributed by atoms with van der Waals surface area (Å²) in [4.78, 5) is 2.39. The van der Waals surface area contributed by atoms with Gasteiger partial charge in [0.05, 0.1) is 6.54 Å². The van der Waals surface area contributed by atoms with Crippen LogP contribution in [0.5, 0.6) is 0 Å². The van der Waals surface area contributed by atoms with Gasteiger partial charge < -0.3 is 5.32 Å². The molecule has 1 aliphatic heterocycles. The Bertz CT molecular complexity index is 440. The van der Waals surface area contributed by atoms with Gasteiger partial charge in [-0.05, 0) is 62.5 Å². The number of piperidine rings is 1. The Morgan fingerprint density at radius 1 is 1.14 bits per heavy atom. The SMILES string of the molecule is FC(F)(F)CNCCC1CCN(Cc2ccc(Cl)cc2)CC1. The Hall–Kier alpha value is -0.780. The largest absolute Gasteiger partial charge is 0.401 e. The van der Waals surface area contributed by atoms with E-state index in [4.69, 9.17) is 11.6 Å². The van der Waals surface area contributed by atoms with Gasteiger partial charge in [-0.2, -0.15) is 13.2 Å². The molecule has 0 aliphatic carbocycles. The van der Waals surface area contributed by atoms with Gasteiger partial charge in [-0.3, -0.25) is 4.90 Å². The van der Waals surface area contributed by atoms with E-state index in [1.165, 1.54) is 5.56 Å². The van der Waals surface area contributed by atoms with Crippen molar-refractivity contribution in [2.75, 3.05) is 26.2 Å². The summed E-state index contributed by atoms with van der Waals surface area (Å²) in [5.74, 6) is 0.530. The molecule has 2 rings (SSSR count). The zero-order chi connectivity index (χ0) is 16.0. The average molecular weight is 335 g/mol. The molecule has 1 aromatic rings. The monoisotopic (exact) mass is 334 g/mol. The summed E-state index contributed by atoms with van der Waals surface area (Å²) in [7, 11) is 0. The van der Waals surface area contributed by atoms with Crippen LogP contribution in [0.15, 0.2) is 24.3 Å². The minimum atomic E-state index is -4.11. The minimum Gasteiger partial charge on any atom is -0.309 e. The number of hydrogen-bond acceptors (Lipinski definition) is 2. The van der Waals surface area contributed by atoms with Crippen molar-refractivity contribution in [3.63, 3.8) is 0 Å². The summed E-state index contributed by atoms with van der Waals surface area (Å²) in [6.45, 7) is 2.49. The van der Waals surface area contributed by atoms with Crippen molar-refractivity contribution in [1.82, 2.24) is 10.2 Å². The molecule has 0 atom stereocenters. The molecule has 1 aromatic carbocycles. The highest BCUT2D eigenvalue weighted by atomic mass is 35.5. The van der Waals surface area contributed by atoms with Gasteiger partial charge in [-0.15, -0.1) is 0 Å². The molecule has 1 aliphatic rings. The van der Waals surface area contributed by atoms with Gasteiger partial charge >= 0.3 is 6.18 Å². The minimum absolute atomic E-state index is 0.446. The van der Waals surface area contributed by atoms with Crippen molar-refractivity contribution in [2.45, 2.75) is 32.0 Å². The lowest BCUT2D eigenvalue weighted by Crippen LogP contribution is -2.35. The second-order valence-corrected chi connectivity index (χ2v) is 6.36. The van der Waals surface area contributed by atoms with Crippen molar-refractivity contribution in [3.8, 4) is 0 Å². The zero-order valence-electron chi connectivity index (χ0n) is 12.5. The van der Waals surface area contributed by atoms with E-state index in [0.717, 1.165) is 43.9 Å². The molecular formula is C16H22ClF3N2. The molecule has 0 aromatic heterocycles. The fraction of sp³-hybridized carbons (Fsp3) is 0.625. The summed E-state index contributed by atoms with van der Waals surface area (Å²) in [5, 5.41) is 3.22. The van der Waals surface area contributed by atoms with Crippen LogP contribution in [0.3, 0.4) is 0 Å². The van der Waals surface area contributed by atoms with E-state index in [1.807, 2.05) is 24.3 Å². The third kappa shape index (κ3) is 6.55. The first-order chi connectivity index (χ1) is 10.4. The molecule has 1 heterocycles. The maximum Gasteiger partial charge on any atom is 0.401 e. The Balaban J connectivity index is 1.62. The molecule has 124 valence electrons. The predicted octanol–water partition coefficient (Wildman–Crippen LogP) is 4.09. The maximum atomic E-state index is 12.0. The number of hydrogen-bond donors (Lipinski definition) is 1. The number of alkyl halides is 3. The van der Waals surface area contributed by atoms with Gasteiger partial charge in [0, 0.05) is 11.6 Å². The Morgan fingerprint density at radius 3 is 2.36 bits per heavy atom. The molecule has 1 saturated heterocycles. The first-order valence-electron chi connectivity index (χ1n) is 7.66. The van der Waals surface area contributed by atoms with Crippen molar-refractivity contribution in [2.24, 2.45) is 5.92 Å². The lowest BCUT2D eigenvalue weighted by molar-refractivity contribution is -0.124. The highest BCUT2D eigenvalue weighted by molar-refractivity contribution is 6.30. The fourth-order valence-electron chi connectivity index (χ4n) is 2.82. The van der Waals surface area contributed by atoms with Crippen LogP contribution in [0, 0.1) is 5.92 Å². The Labute approximate surface area is 134 Å². The van der Waals surface area contributed by atoms with Gasteiger partial charge in [-0.25, -0.2) is 0 Å². The third-order valence-electron chi connectivity index (χ3n) is 4.08. The quantitative estimate of drug-likeness (QED) is 0.788. The second kappa shape index (κ2) is 8.18. The molecular weight excluding hydrogens is 313 g/mol. The molecule has 0 saturated carbocycles. The summed E-state index contributed by atoms with van der Waals surface area (Å²) in [6.07, 6.45) is -1.17. The highest BCUT2D eigenvalue weighted by Gasteiger charge is 2.26. The van der Waals surface area contributed by atoms with Gasteiger partial charge in [0.15, 0.2) is 0 Å². The second-order valence-electron chi connectivity index (χ2n) is 5.93. The van der Waals surface area contributed by atoms with Crippen LogP contribution in [0.25, 0.3) is 0 Å². The van der Waals surface area contributed by atoms with Crippen molar-refractivity contribution < 1.29 is 13.2 Å². The smallest absolute Gasteiger partial charge is 0.309 e. The van der Waals surface area contributed by atoms with Gasteiger partial charge in [0.25, 0.3) is 0 Å². The first kappa shape index (κ1) is 17.6. The normalized spacial score (nSPS) is 17.8. The van der Waals surface area contributed by atoms with E-state index in [-0.39, 0.29) is 0 Å². The molecule has 0 radical (unpaired) electrons. The number of rotatable bonds is 6. The molecule has 0 amide bonds. The van der Waals surface area contributed by atoms with Crippen molar-refractivity contribution >= 4 is 11.6 Å². The third-order valence-corrected chi connectivity index (χ3v) is 4.33. The molecule has 22 heavy (non-hydrogen) atoms. The van der Waals surface area contributed by atoms with Gasteiger partial charge in [-0.1, -0.05) is 23.7 Å². The number of benzene rings is 1.